The fraction of sp³-hybridized carbons (Fsp3) is 0.0625. The van der Waals surface area contributed by atoms with E-state index in [1.807, 2.05) is 0 Å². The van der Waals surface area contributed by atoms with Crippen molar-refractivity contribution in [3.63, 3.8) is 0 Å². The molecule has 0 aliphatic rings. The lowest BCUT2D eigenvalue weighted by Gasteiger charge is -2.05. The highest BCUT2D eigenvalue weighted by atomic mass is 19.1. The van der Waals surface area contributed by atoms with Crippen molar-refractivity contribution in [2.24, 2.45) is 0 Å². The minimum Gasteiger partial charge on any atom is -0.496 e. The molecule has 0 aromatic heterocycles. The van der Waals surface area contributed by atoms with E-state index in [9.17, 15) is 19.3 Å². The number of hydrogen-bond donors (Lipinski definition) is 0. The van der Waals surface area contributed by atoms with Gasteiger partial charge in [-0.15, -0.1) is 0 Å². The molecule has 2 aromatic carbocycles. The highest BCUT2D eigenvalue weighted by Gasteiger charge is 2.11. The smallest absolute Gasteiger partial charge is 0.270 e. The first kappa shape index (κ1) is 15.4. The average Bonchev–Trinajstić information content (AvgIpc) is 2.52. The van der Waals surface area contributed by atoms with Crippen LogP contribution in [0.2, 0.25) is 0 Å². The van der Waals surface area contributed by atoms with Crippen LogP contribution in [0.5, 0.6) is 5.75 Å². The second-order valence-corrected chi connectivity index (χ2v) is 4.39. The maximum Gasteiger partial charge on any atom is 0.270 e. The van der Waals surface area contributed by atoms with E-state index < -0.39 is 16.5 Å². The fourth-order valence-corrected chi connectivity index (χ4v) is 1.88. The number of rotatable bonds is 5. The number of carbonyl (C=O) groups is 1. The lowest BCUT2D eigenvalue weighted by atomic mass is 10.1. The molecule has 0 aliphatic carbocycles. The molecule has 0 aliphatic heterocycles. The number of ether oxygens (including phenoxy) is 1. The van der Waals surface area contributed by atoms with Crippen LogP contribution in [0.25, 0.3) is 6.08 Å². The monoisotopic (exact) mass is 301 g/mol. The minimum absolute atomic E-state index is 0.0714. The van der Waals surface area contributed by atoms with E-state index in [0.717, 1.165) is 6.07 Å². The second kappa shape index (κ2) is 6.62. The Kier molecular flexibility index (Phi) is 4.63. The third kappa shape index (κ3) is 3.54. The van der Waals surface area contributed by atoms with Gasteiger partial charge in [-0.05, 0) is 29.8 Å². The van der Waals surface area contributed by atoms with Gasteiger partial charge in [-0.25, -0.2) is 4.39 Å². The average molecular weight is 301 g/mol. The summed E-state index contributed by atoms with van der Waals surface area (Å²) in [6.07, 6.45) is 2.65. The van der Waals surface area contributed by atoms with E-state index >= 15 is 0 Å². The van der Waals surface area contributed by atoms with Crippen molar-refractivity contribution in [3.05, 3.63) is 75.6 Å². The number of carbonyl (C=O) groups excluding carboxylic acids is 1. The van der Waals surface area contributed by atoms with Gasteiger partial charge in [0.15, 0.2) is 5.78 Å². The fourth-order valence-electron chi connectivity index (χ4n) is 1.88. The van der Waals surface area contributed by atoms with Crippen molar-refractivity contribution in [2.45, 2.75) is 0 Å². The van der Waals surface area contributed by atoms with Gasteiger partial charge in [0.05, 0.1) is 17.6 Å². The van der Waals surface area contributed by atoms with Crippen molar-refractivity contribution >= 4 is 17.5 Å². The second-order valence-electron chi connectivity index (χ2n) is 4.39. The van der Waals surface area contributed by atoms with Crippen LogP contribution in [-0.4, -0.2) is 17.8 Å². The summed E-state index contributed by atoms with van der Waals surface area (Å²) in [5, 5.41) is 10.7. The van der Waals surface area contributed by atoms with Crippen LogP contribution in [0, 0.1) is 15.9 Å². The van der Waals surface area contributed by atoms with Crippen molar-refractivity contribution in [1.82, 2.24) is 0 Å². The van der Waals surface area contributed by atoms with Crippen LogP contribution >= 0.6 is 0 Å². The Labute approximate surface area is 125 Å². The molecule has 0 atom stereocenters. The molecule has 2 aromatic rings. The summed E-state index contributed by atoms with van der Waals surface area (Å²) in [4.78, 5) is 22.3. The number of halogens is 1. The van der Waals surface area contributed by atoms with Crippen molar-refractivity contribution in [1.29, 1.82) is 0 Å². The highest BCUT2D eigenvalue weighted by Crippen LogP contribution is 2.21. The number of benzene rings is 2. The zero-order valence-corrected chi connectivity index (χ0v) is 11.7. The van der Waals surface area contributed by atoms with Gasteiger partial charge in [0.2, 0.25) is 0 Å². The van der Waals surface area contributed by atoms with Crippen molar-refractivity contribution in [3.8, 4) is 5.75 Å². The summed E-state index contributed by atoms with van der Waals surface area (Å²) in [6.45, 7) is 0. The van der Waals surface area contributed by atoms with Gasteiger partial charge in [-0.2, -0.15) is 0 Å². The summed E-state index contributed by atoms with van der Waals surface area (Å²) < 4.78 is 18.3. The molecule has 0 N–H and O–H groups in total. The van der Waals surface area contributed by atoms with Gasteiger partial charge in [-0.1, -0.05) is 18.2 Å². The lowest BCUT2D eigenvalue weighted by Crippen LogP contribution is -1.99. The van der Waals surface area contributed by atoms with Gasteiger partial charge in [0.25, 0.3) is 5.69 Å². The lowest BCUT2D eigenvalue weighted by molar-refractivity contribution is -0.384. The third-order valence-electron chi connectivity index (χ3n) is 2.94. The van der Waals surface area contributed by atoms with Crippen LogP contribution in [0.3, 0.4) is 0 Å². The first-order valence-corrected chi connectivity index (χ1v) is 6.31. The summed E-state index contributed by atoms with van der Waals surface area (Å²) in [6, 6.07) is 9.48. The Morgan fingerprint density at radius 3 is 2.73 bits per heavy atom. The molecule has 0 spiro atoms. The van der Waals surface area contributed by atoms with Crippen molar-refractivity contribution in [2.75, 3.05) is 7.11 Å². The van der Waals surface area contributed by atoms with Gasteiger partial charge in [-0.3, -0.25) is 14.9 Å². The van der Waals surface area contributed by atoms with Crippen LogP contribution in [0.4, 0.5) is 10.1 Å². The Bertz CT molecular complexity index is 756. The molecule has 5 nitrogen and oxygen atoms in total. The molecule has 6 heteroatoms. The number of nitro groups is 1. The molecular weight excluding hydrogens is 289 g/mol. The zero-order chi connectivity index (χ0) is 16.1. The molecule has 2 rings (SSSR count). The predicted molar refractivity (Wildman–Crippen MR) is 79.4 cm³/mol. The summed E-state index contributed by atoms with van der Waals surface area (Å²) in [7, 11) is 1.38. The van der Waals surface area contributed by atoms with Crippen LogP contribution in [-0.2, 0) is 0 Å². The topological polar surface area (TPSA) is 69.4 Å². The molecule has 0 saturated carbocycles. The third-order valence-corrected chi connectivity index (χ3v) is 2.94. The Balaban J connectivity index is 2.27. The molecule has 0 amide bonds. The first-order valence-electron chi connectivity index (χ1n) is 6.31. The van der Waals surface area contributed by atoms with Crippen LogP contribution in [0.15, 0.2) is 48.5 Å². The van der Waals surface area contributed by atoms with Gasteiger partial charge < -0.3 is 4.74 Å². The molecule has 112 valence electrons. The van der Waals surface area contributed by atoms with E-state index in [4.69, 9.17) is 4.74 Å². The number of nitrogens with zero attached hydrogens (tertiary/aromatic N) is 1. The van der Waals surface area contributed by atoms with Gasteiger partial charge in [0.1, 0.15) is 11.6 Å². The molecule has 0 radical (unpaired) electrons. The number of nitro benzene ring substituents is 1. The number of ketones is 1. The molecular formula is C16H12FNO4. The Hall–Kier alpha value is -3.02. The number of non-ortho nitro benzene ring substituents is 1. The Morgan fingerprint density at radius 1 is 1.27 bits per heavy atom. The number of allylic oxidation sites excluding steroid dienone is 1. The van der Waals surface area contributed by atoms with Gasteiger partial charge >= 0.3 is 0 Å². The molecule has 0 heterocycles. The molecule has 0 unspecified atom stereocenters. The summed E-state index contributed by atoms with van der Waals surface area (Å²) in [5.74, 6) is -0.745. The molecule has 0 fully saturated rings. The molecule has 0 saturated heterocycles. The summed E-state index contributed by atoms with van der Waals surface area (Å²) in [5.41, 5.74) is 0.514. The normalized spacial score (nSPS) is 10.6. The molecule has 0 bridgehead atoms. The van der Waals surface area contributed by atoms with Crippen LogP contribution < -0.4 is 4.74 Å². The first-order chi connectivity index (χ1) is 10.5. The van der Waals surface area contributed by atoms with E-state index in [0.29, 0.717) is 5.56 Å². The molecule has 22 heavy (non-hydrogen) atoms. The highest BCUT2D eigenvalue weighted by molar-refractivity contribution is 6.08. The predicted octanol–water partition coefficient (Wildman–Crippen LogP) is 3.64. The van der Waals surface area contributed by atoms with E-state index in [1.54, 1.807) is 6.07 Å². The number of methoxy groups -OCH3 is 1. The maximum atomic E-state index is 13.2. The largest absolute Gasteiger partial charge is 0.496 e. The van der Waals surface area contributed by atoms with Gasteiger partial charge in [0, 0.05) is 12.1 Å². The standard InChI is InChI=1S/C16H12FNO4/c1-22-16-8-6-12(17)10-14(16)15(19)7-5-11-3-2-4-13(9-11)18(20)21/h2-10H,1H3/b7-5+. The maximum absolute atomic E-state index is 13.2. The quantitative estimate of drug-likeness (QED) is 0.366. The van der Waals surface area contributed by atoms with E-state index in [1.165, 1.54) is 49.6 Å². The zero-order valence-electron chi connectivity index (χ0n) is 11.7. The van der Waals surface area contributed by atoms with Crippen molar-refractivity contribution < 1.29 is 18.8 Å². The Morgan fingerprint density at radius 2 is 2.05 bits per heavy atom. The van der Waals surface area contributed by atoms with E-state index in [2.05, 4.69) is 0 Å². The minimum atomic E-state index is -0.548. The number of hydrogen-bond acceptors (Lipinski definition) is 4. The SMILES string of the molecule is COc1ccc(F)cc1C(=O)/C=C/c1cccc([N+](=O)[O-])c1. The van der Waals surface area contributed by atoms with E-state index in [-0.39, 0.29) is 17.0 Å². The van der Waals surface area contributed by atoms with Crippen LogP contribution in [0.1, 0.15) is 15.9 Å². The summed E-state index contributed by atoms with van der Waals surface area (Å²) >= 11 is 0.